The first-order chi connectivity index (χ1) is 9.10. The van der Waals surface area contributed by atoms with Crippen LogP contribution in [0.4, 0.5) is 4.39 Å². The highest BCUT2D eigenvalue weighted by atomic mass is 79.9. The molecule has 1 heterocycles. The fourth-order valence-electron chi connectivity index (χ4n) is 1.54. The minimum Gasteiger partial charge on any atom is -0.465 e. The predicted molar refractivity (Wildman–Crippen MR) is 69.7 cm³/mol. The number of hydrogen-bond donors (Lipinski definition) is 0. The Balaban J connectivity index is 2.18. The van der Waals surface area contributed by atoms with Crippen LogP contribution in [0.25, 0.3) is 11.3 Å². The van der Waals surface area contributed by atoms with Gasteiger partial charge in [0.25, 0.3) is 0 Å². The average molecular weight is 328 g/mol. The molecule has 0 unspecified atom stereocenters. The van der Waals surface area contributed by atoms with Gasteiger partial charge in [-0.1, -0.05) is 21.1 Å². The summed E-state index contributed by atoms with van der Waals surface area (Å²) in [7, 11) is 0. The highest BCUT2D eigenvalue weighted by Gasteiger charge is 2.11. The van der Waals surface area contributed by atoms with Crippen molar-refractivity contribution in [2.24, 2.45) is 0 Å². The summed E-state index contributed by atoms with van der Waals surface area (Å²) in [6.07, 6.45) is 1.50. The molecule has 19 heavy (non-hydrogen) atoms. The second kappa shape index (κ2) is 5.92. The molecule has 0 spiro atoms. The van der Waals surface area contributed by atoms with Gasteiger partial charge >= 0.3 is 5.97 Å². The van der Waals surface area contributed by atoms with Crippen LogP contribution in [0.1, 0.15) is 6.92 Å². The zero-order valence-corrected chi connectivity index (χ0v) is 11.7. The Morgan fingerprint density at radius 1 is 1.53 bits per heavy atom. The minimum absolute atomic E-state index is 0.0427. The Morgan fingerprint density at radius 3 is 3.00 bits per heavy atom. The molecule has 2 aromatic rings. The second-order valence-electron chi connectivity index (χ2n) is 3.73. The smallest absolute Gasteiger partial charge is 0.327 e. The van der Waals surface area contributed by atoms with Crippen LogP contribution in [-0.4, -0.2) is 27.6 Å². The molecule has 1 aromatic heterocycles. The maximum atomic E-state index is 13.7. The molecule has 0 N–H and O–H groups in total. The normalized spacial score (nSPS) is 10.5. The molecule has 5 nitrogen and oxygen atoms in total. The van der Waals surface area contributed by atoms with E-state index in [1.165, 1.54) is 16.9 Å². The molecule has 0 aliphatic carbocycles. The molecule has 7 heteroatoms. The number of esters is 1. The van der Waals surface area contributed by atoms with Crippen LogP contribution in [0.2, 0.25) is 0 Å². The summed E-state index contributed by atoms with van der Waals surface area (Å²) in [5, 5.41) is 7.61. The number of benzene rings is 1. The van der Waals surface area contributed by atoms with E-state index < -0.39 is 11.8 Å². The van der Waals surface area contributed by atoms with Crippen LogP contribution < -0.4 is 0 Å². The lowest BCUT2D eigenvalue weighted by atomic mass is 10.1. The third-order valence-corrected chi connectivity index (χ3v) is 2.84. The van der Waals surface area contributed by atoms with E-state index in [2.05, 4.69) is 26.2 Å². The van der Waals surface area contributed by atoms with Crippen LogP contribution in [0.3, 0.4) is 0 Å². The molecular formula is C12H11BrFN3O2. The number of carbonyl (C=O) groups excluding carboxylic acids is 1. The quantitative estimate of drug-likeness (QED) is 0.809. The van der Waals surface area contributed by atoms with Crippen molar-refractivity contribution in [2.45, 2.75) is 13.5 Å². The van der Waals surface area contributed by atoms with Crippen molar-refractivity contribution < 1.29 is 13.9 Å². The van der Waals surface area contributed by atoms with E-state index in [4.69, 9.17) is 4.74 Å². The van der Waals surface area contributed by atoms with Gasteiger partial charge < -0.3 is 4.74 Å². The Bertz CT molecular complexity index is 600. The highest BCUT2D eigenvalue weighted by molar-refractivity contribution is 9.10. The van der Waals surface area contributed by atoms with Crippen LogP contribution in [-0.2, 0) is 16.1 Å². The molecule has 0 fully saturated rings. The van der Waals surface area contributed by atoms with Gasteiger partial charge in [-0.3, -0.25) is 4.79 Å². The minimum atomic E-state index is -0.407. The largest absolute Gasteiger partial charge is 0.465 e. The lowest BCUT2D eigenvalue weighted by molar-refractivity contribution is -0.144. The van der Waals surface area contributed by atoms with Gasteiger partial charge in [-0.15, -0.1) is 5.10 Å². The van der Waals surface area contributed by atoms with E-state index in [9.17, 15) is 9.18 Å². The number of aromatic nitrogens is 3. The average Bonchev–Trinajstić information content (AvgIpc) is 2.77. The number of nitrogens with zero attached hydrogens (tertiary/aromatic N) is 3. The van der Waals surface area contributed by atoms with Gasteiger partial charge in [-0.25, -0.2) is 9.07 Å². The first-order valence-electron chi connectivity index (χ1n) is 5.61. The number of hydrogen-bond acceptors (Lipinski definition) is 4. The van der Waals surface area contributed by atoms with E-state index in [0.29, 0.717) is 22.3 Å². The van der Waals surface area contributed by atoms with Crippen LogP contribution in [0.15, 0.2) is 28.9 Å². The third-order valence-electron chi connectivity index (χ3n) is 2.34. The monoisotopic (exact) mass is 327 g/mol. The van der Waals surface area contributed by atoms with Crippen molar-refractivity contribution in [1.29, 1.82) is 0 Å². The first-order valence-corrected chi connectivity index (χ1v) is 6.40. The number of carbonyl (C=O) groups is 1. The van der Waals surface area contributed by atoms with Gasteiger partial charge in [0.1, 0.15) is 18.1 Å². The fraction of sp³-hybridized carbons (Fsp3) is 0.250. The first kappa shape index (κ1) is 13.7. The zero-order chi connectivity index (χ0) is 13.8. The van der Waals surface area contributed by atoms with E-state index in [1.54, 1.807) is 19.1 Å². The molecule has 0 saturated carbocycles. The molecule has 0 bridgehead atoms. The topological polar surface area (TPSA) is 57.0 Å². The van der Waals surface area contributed by atoms with Gasteiger partial charge in [-0.05, 0) is 25.1 Å². The lowest BCUT2D eigenvalue weighted by Gasteiger charge is -2.00. The van der Waals surface area contributed by atoms with Crippen LogP contribution >= 0.6 is 15.9 Å². The summed E-state index contributed by atoms with van der Waals surface area (Å²) in [5.41, 5.74) is 0.701. The lowest BCUT2D eigenvalue weighted by Crippen LogP contribution is -2.13. The molecule has 0 amide bonds. The van der Waals surface area contributed by atoms with Gasteiger partial charge in [0.2, 0.25) is 0 Å². The molecule has 1 aromatic carbocycles. The Hall–Kier alpha value is -1.76. The Labute approximate surface area is 117 Å². The van der Waals surface area contributed by atoms with Gasteiger partial charge in [-0.2, -0.15) is 0 Å². The van der Waals surface area contributed by atoms with Crippen LogP contribution in [0, 0.1) is 5.82 Å². The fourth-order valence-corrected chi connectivity index (χ4v) is 1.87. The Kier molecular flexibility index (Phi) is 4.26. The van der Waals surface area contributed by atoms with Gasteiger partial charge in [0.15, 0.2) is 0 Å². The molecule has 0 saturated heterocycles. The maximum Gasteiger partial charge on any atom is 0.327 e. The molecule has 0 atom stereocenters. The van der Waals surface area contributed by atoms with Crippen molar-refractivity contribution in [3.63, 3.8) is 0 Å². The SMILES string of the molecule is CCOC(=O)Cn1cc(-c2ccc(Br)cc2F)nn1. The maximum absolute atomic E-state index is 13.7. The summed E-state index contributed by atoms with van der Waals surface area (Å²) in [6, 6.07) is 4.65. The van der Waals surface area contributed by atoms with Gasteiger partial charge in [0, 0.05) is 10.0 Å². The standard InChI is InChI=1S/C12H11BrFN3O2/c1-2-19-12(18)7-17-6-11(15-16-17)9-4-3-8(13)5-10(9)14/h3-6H,2,7H2,1H3. The van der Waals surface area contributed by atoms with E-state index in [1.807, 2.05) is 0 Å². The van der Waals surface area contributed by atoms with E-state index in [-0.39, 0.29) is 6.54 Å². The Morgan fingerprint density at radius 2 is 2.32 bits per heavy atom. The zero-order valence-electron chi connectivity index (χ0n) is 10.1. The summed E-state index contributed by atoms with van der Waals surface area (Å²) in [6.45, 7) is 1.99. The summed E-state index contributed by atoms with van der Waals surface area (Å²) in [5.74, 6) is -0.812. The molecular weight excluding hydrogens is 317 g/mol. The van der Waals surface area contributed by atoms with Gasteiger partial charge in [0.05, 0.1) is 12.8 Å². The van der Waals surface area contributed by atoms with E-state index in [0.717, 1.165) is 0 Å². The second-order valence-corrected chi connectivity index (χ2v) is 4.65. The number of ether oxygens (including phenoxy) is 1. The van der Waals surface area contributed by atoms with Crippen LogP contribution in [0.5, 0.6) is 0 Å². The van der Waals surface area contributed by atoms with Crippen molar-refractivity contribution in [1.82, 2.24) is 15.0 Å². The summed E-state index contributed by atoms with van der Waals surface area (Å²) < 4.78 is 20.5. The van der Waals surface area contributed by atoms with E-state index >= 15 is 0 Å². The van der Waals surface area contributed by atoms with Crippen molar-refractivity contribution in [3.05, 3.63) is 34.7 Å². The molecule has 0 aliphatic rings. The summed E-state index contributed by atoms with van der Waals surface area (Å²) >= 11 is 3.18. The molecule has 2 rings (SSSR count). The predicted octanol–water partition coefficient (Wildman–Crippen LogP) is 2.41. The molecule has 0 aliphatic heterocycles. The number of rotatable bonds is 4. The van der Waals surface area contributed by atoms with Crippen molar-refractivity contribution in [2.75, 3.05) is 6.61 Å². The summed E-state index contributed by atoms with van der Waals surface area (Å²) in [4.78, 5) is 11.3. The van der Waals surface area contributed by atoms with Crippen molar-refractivity contribution in [3.8, 4) is 11.3 Å². The number of halogens is 2. The third kappa shape index (κ3) is 3.37. The molecule has 0 radical (unpaired) electrons. The highest BCUT2D eigenvalue weighted by Crippen LogP contribution is 2.23. The molecule has 100 valence electrons. The van der Waals surface area contributed by atoms with Crippen molar-refractivity contribution >= 4 is 21.9 Å².